The molecular weight excluding hydrogens is 428 g/mol. The van der Waals surface area contributed by atoms with Gasteiger partial charge in [0.2, 0.25) is 0 Å². The highest BCUT2D eigenvalue weighted by molar-refractivity contribution is 7.99. The maximum atomic E-state index is 12.2. The SMILES string of the molecule is CCNC(=O)c1ccc2nc(-c3c(Sc4ccc(Cl)cc4)cnn3C3CC3)ccc2c1. The molecule has 0 spiro atoms. The topological polar surface area (TPSA) is 59.8 Å². The molecule has 1 fully saturated rings. The molecule has 0 unspecified atom stereocenters. The van der Waals surface area contributed by atoms with E-state index in [2.05, 4.69) is 15.1 Å². The molecule has 0 aliphatic heterocycles. The average Bonchev–Trinajstić information content (AvgIpc) is 3.55. The second-order valence-corrected chi connectivity index (χ2v) is 9.10. The molecule has 2 aromatic carbocycles. The molecule has 1 N–H and O–H groups in total. The van der Waals surface area contributed by atoms with Crippen molar-refractivity contribution in [3.8, 4) is 11.4 Å². The first-order valence-electron chi connectivity index (χ1n) is 10.3. The molecule has 1 amide bonds. The Morgan fingerprint density at radius 3 is 2.71 bits per heavy atom. The fourth-order valence-electron chi connectivity index (χ4n) is 3.55. The minimum absolute atomic E-state index is 0.0677. The number of halogens is 1. The van der Waals surface area contributed by atoms with E-state index >= 15 is 0 Å². The summed E-state index contributed by atoms with van der Waals surface area (Å²) in [7, 11) is 0. The summed E-state index contributed by atoms with van der Waals surface area (Å²) >= 11 is 7.70. The molecule has 156 valence electrons. The van der Waals surface area contributed by atoms with Crippen molar-refractivity contribution in [2.24, 2.45) is 0 Å². The van der Waals surface area contributed by atoms with Crippen LogP contribution < -0.4 is 5.32 Å². The maximum absolute atomic E-state index is 12.2. The maximum Gasteiger partial charge on any atom is 0.251 e. The highest BCUT2D eigenvalue weighted by atomic mass is 35.5. The second kappa shape index (κ2) is 8.36. The molecule has 0 bridgehead atoms. The van der Waals surface area contributed by atoms with Crippen LogP contribution in [-0.2, 0) is 0 Å². The second-order valence-electron chi connectivity index (χ2n) is 7.55. The van der Waals surface area contributed by atoms with Crippen LogP contribution in [0.4, 0.5) is 0 Å². The Balaban J connectivity index is 1.53. The zero-order valence-corrected chi connectivity index (χ0v) is 18.6. The van der Waals surface area contributed by atoms with Gasteiger partial charge in [0.05, 0.1) is 28.3 Å². The number of nitrogens with one attached hydrogen (secondary N) is 1. The van der Waals surface area contributed by atoms with E-state index in [9.17, 15) is 4.79 Å². The summed E-state index contributed by atoms with van der Waals surface area (Å²) in [6.07, 6.45) is 4.21. The van der Waals surface area contributed by atoms with Crippen LogP contribution in [0.25, 0.3) is 22.3 Å². The number of amides is 1. The molecule has 7 heteroatoms. The van der Waals surface area contributed by atoms with Crippen molar-refractivity contribution in [2.45, 2.75) is 35.6 Å². The van der Waals surface area contributed by atoms with Crippen molar-refractivity contribution in [1.29, 1.82) is 0 Å². The largest absolute Gasteiger partial charge is 0.352 e. The standard InChI is InChI=1S/C24H21ClN4OS/c1-2-26-24(30)16-4-11-20-15(13-16)3-12-21(28-20)23-22(14-27-29(23)18-7-8-18)31-19-9-5-17(25)6-10-19/h3-6,9-14,18H,2,7-8H2,1H3,(H,26,30). The van der Waals surface area contributed by atoms with Crippen LogP contribution in [0.5, 0.6) is 0 Å². The number of fused-ring (bicyclic) bond motifs is 1. The number of rotatable bonds is 6. The summed E-state index contributed by atoms with van der Waals surface area (Å²) in [5.41, 5.74) is 3.43. The van der Waals surface area contributed by atoms with Gasteiger partial charge >= 0.3 is 0 Å². The first-order chi connectivity index (χ1) is 15.1. The fourth-order valence-corrected chi connectivity index (χ4v) is 4.60. The Labute approximate surface area is 189 Å². The lowest BCUT2D eigenvalue weighted by atomic mass is 10.1. The number of benzene rings is 2. The predicted octanol–water partition coefficient (Wildman–Crippen LogP) is 5.99. The molecule has 1 aliphatic carbocycles. The summed E-state index contributed by atoms with van der Waals surface area (Å²) in [6.45, 7) is 2.52. The lowest BCUT2D eigenvalue weighted by Crippen LogP contribution is -2.22. The van der Waals surface area contributed by atoms with Gasteiger partial charge in [0.25, 0.3) is 5.91 Å². The smallest absolute Gasteiger partial charge is 0.251 e. The molecule has 0 saturated heterocycles. The Morgan fingerprint density at radius 1 is 1.16 bits per heavy atom. The molecule has 31 heavy (non-hydrogen) atoms. The van der Waals surface area contributed by atoms with Gasteiger partial charge in [-0.3, -0.25) is 9.48 Å². The van der Waals surface area contributed by atoms with Crippen LogP contribution in [0.2, 0.25) is 5.02 Å². The molecule has 2 heterocycles. The number of nitrogens with zero attached hydrogens (tertiary/aromatic N) is 3. The van der Waals surface area contributed by atoms with Gasteiger partial charge in [-0.2, -0.15) is 5.10 Å². The monoisotopic (exact) mass is 448 g/mol. The Bertz CT molecular complexity index is 1260. The zero-order chi connectivity index (χ0) is 21.4. The van der Waals surface area contributed by atoms with E-state index in [0.29, 0.717) is 18.2 Å². The van der Waals surface area contributed by atoms with Crippen molar-refractivity contribution in [2.75, 3.05) is 6.54 Å². The highest BCUT2D eigenvalue weighted by Gasteiger charge is 2.29. The molecule has 1 aliphatic rings. The normalized spacial score (nSPS) is 13.5. The van der Waals surface area contributed by atoms with Crippen molar-refractivity contribution in [3.63, 3.8) is 0 Å². The van der Waals surface area contributed by atoms with Gasteiger partial charge in [0.1, 0.15) is 5.69 Å². The Kier molecular flexibility index (Phi) is 5.42. The Hall–Kier alpha value is -2.83. The van der Waals surface area contributed by atoms with Crippen molar-refractivity contribution in [3.05, 3.63) is 71.4 Å². The van der Waals surface area contributed by atoms with Crippen molar-refractivity contribution >= 4 is 40.2 Å². The fraction of sp³-hybridized carbons (Fsp3) is 0.208. The van der Waals surface area contributed by atoms with E-state index < -0.39 is 0 Å². The van der Waals surface area contributed by atoms with Crippen LogP contribution in [0.15, 0.2) is 70.6 Å². The number of aromatic nitrogens is 3. The molecule has 1 saturated carbocycles. The molecule has 2 aromatic heterocycles. The molecule has 5 nitrogen and oxygen atoms in total. The van der Waals surface area contributed by atoms with Gasteiger partial charge in [-0.15, -0.1) is 0 Å². The molecule has 5 rings (SSSR count). The number of pyridine rings is 1. The van der Waals surface area contributed by atoms with Gasteiger partial charge in [0.15, 0.2) is 0 Å². The third-order valence-corrected chi connectivity index (χ3v) is 6.51. The number of carbonyl (C=O) groups excluding carboxylic acids is 1. The van der Waals surface area contributed by atoms with Crippen LogP contribution in [0.3, 0.4) is 0 Å². The summed E-state index contributed by atoms with van der Waals surface area (Å²) in [4.78, 5) is 19.3. The molecule has 4 aromatic rings. The summed E-state index contributed by atoms with van der Waals surface area (Å²) in [5.74, 6) is -0.0677. The number of hydrogen-bond donors (Lipinski definition) is 1. The minimum atomic E-state index is -0.0677. The average molecular weight is 449 g/mol. The minimum Gasteiger partial charge on any atom is -0.352 e. The van der Waals surface area contributed by atoms with Crippen LogP contribution in [0, 0.1) is 0 Å². The highest BCUT2D eigenvalue weighted by Crippen LogP contribution is 2.43. The van der Waals surface area contributed by atoms with E-state index in [1.165, 1.54) is 0 Å². The summed E-state index contributed by atoms with van der Waals surface area (Å²) < 4.78 is 2.11. The van der Waals surface area contributed by atoms with E-state index in [1.807, 2.05) is 67.7 Å². The first-order valence-corrected chi connectivity index (χ1v) is 11.5. The third kappa shape index (κ3) is 4.18. The predicted molar refractivity (Wildman–Crippen MR) is 125 cm³/mol. The summed E-state index contributed by atoms with van der Waals surface area (Å²) in [5, 5.41) is 9.19. The van der Waals surface area contributed by atoms with Crippen molar-refractivity contribution < 1.29 is 4.79 Å². The Morgan fingerprint density at radius 2 is 1.97 bits per heavy atom. The van der Waals surface area contributed by atoms with E-state index in [1.54, 1.807) is 11.8 Å². The van der Waals surface area contributed by atoms with Gasteiger partial charge in [-0.05, 0) is 68.3 Å². The van der Waals surface area contributed by atoms with Gasteiger partial charge < -0.3 is 5.32 Å². The van der Waals surface area contributed by atoms with Crippen molar-refractivity contribution in [1.82, 2.24) is 20.1 Å². The van der Waals surface area contributed by atoms with E-state index in [0.717, 1.165) is 49.9 Å². The van der Waals surface area contributed by atoms with E-state index in [-0.39, 0.29) is 5.91 Å². The lowest BCUT2D eigenvalue weighted by molar-refractivity contribution is 0.0956. The lowest BCUT2D eigenvalue weighted by Gasteiger charge is -2.10. The first kappa shape index (κ1) is 20.1. The zero-order valence-electron chi connectivity index (χ0n) is 17.0. The number of carbonyl (C=O) groups is 1. The molecule has 0 atom stereocenters. The molecular formula is C24H21ClN4OS. The van der Waals surface area contributed by atoms with Crippen LogP contribution in [0.1, 0.15) is 36.2 Å². The molecule has 0 radical (unpaired) electrons. The van der Waals surface area contributed by atoms with Gasteiger partial charge in [0, 0.05) is 27.4 Å². The van der Waals surface area contributed by atoms with Crippen LogP contribution >= 0.6 is 23.4 Å². The summed E-state index contributed by atoms with van der Waals surface area (Å²) in [6, 6.07) is 17.9. The van der Waals surface area contributed by atoms with E-state index in [4.69, 9.17) is 16.6 Å². The van der Waals surface area contributed by atoms with Gasteiger partial charge in [-0.25, -0.2) is 4.98 Å². The quantitative estimate of drug-likeness (QED) is 0.393. The third-order valence-electron chi connectivity index (χ3n) is 5.23. The van der Waals surface area contributed by atoms with Gasteiger partial charge in [-0.1, -0.05) is 29.4 Å². The number of hydrogen-bond acceptors (Lipinski definition) is 4. The van der Waals surface area contributed by atoms with Crippen LogP contribution in [-0.4, -0.2) is 27.2 Å².